The van der Waals surface area contributed by atoms with Gasteiger partial charge in [-0.15, -0.1) is 0 Å². The first-order chi connectivity index (χ1) is 6.04. The van der Waals surface area contributed by atoms with Crippen molar-refractivity contribution in [2.24, 2.45) is 0 Å². The average Bonchev–Trinajstić information content (AvgIpc) is 2.03. The van der Waals surface area contributed by atoms with Crippen molar-refractivity contribution in [3.63, 3.8) is 0 Å². The minimum Gasteiger partial charge on any atom is -0.385 e. The van der Waals surface area contributed by atoms with Crippen molar-refractivity contribution >= 4 is 33.3 Å². The lowest BCUT2D eigenvalue weighted by Crippen LogP contribution is -2.17. The molecule has 1 unspecified atom stereocenters. The number of hydrogen-bond acceptors (Lipinski definition) is 2. The van der Waals surface area contributed by atoms with E-state index in [0.29, 0.717) is 15.1 Å². The van der Waals surface area contributed by atoms with Crippen LogP contribution in [0.5, 0.6) is 0 Å². The van der Waals surface area contributed by atoms with Gasteiger partial charge in [0.2, 0.25) is 0 Å². The van der Waals surface area contributed by atoms with Crippen molar-refractivity contribution in [2.75, 3.05) is 0 Å². The lowest BCUT2D eigenvalue weighted by molar-refractivity contribution is 0.0779. The lowest BCUT2D eigenvalue weighted by atomic mass is 10.1. The number of carbonyl (C=O) groups is 1. The fourth-order valence-electron chi connectivity index (χ4n) is 0.942. The van der Waals surface area contributed by atoms with Gasteiger partial charge in [0.05, 0.1) is 10.6 Å². The molecule has 0 radical (unpaired) electrons. The van der Waals surface area contributed by atoms with E-state index in [1.165, 1.54) is 6.92 Å². The van der Waals surface area contributed by atoms with Crippen LogP contribution in [0.2, 0.25) is 5.02 Å². The summed E-state index contributed by atoms with van der Waals surface area (Å²) in [5.74, 6) is -0.377. The maximum absolute atomic E-state index is 11.4. The Morgan fingerprint density at radius 2 is 2.23 bits per heavy atom. The van der Waals surface area contributed by atoms with Gasteiger partial charge in [0.15, 0.2) is 5.78 Å². The Kier molecular flexibility index (Phi) is 3.47. The Balaban J connectivity index is 3.20. The maximum atomic E-state index is 11.4. The average molecular weight is 264 g/mol. The monoisotopic (exact) mass is 262 g/mol. The topological polar surface area (TPSA) is 37.3 Å². The fourth-order valence-corrected chi connectivity index (χ4v) is 1.89. The third-order valence-corrected chi connectivity index (χ3v) is 2.56. The molecule has 0 aliphatic heterocycles. The summed E-state index contributed by atoms with van der Waals surface area (Å²) in [6.07, 6.45) is -1.03. The Hall–Kier alpha value is -0.380. The molecule has 0 bridgehead atoms. The minimum absolute atomic E-state index is 0.333. The van der Waals surface area contributed by atoms with Crippen molar-refractivity contribution in [2.45, 2.75) is 13.0 Å². The van der Waals surface area contributed by atoms with Gasteiger partial charge in [-0.1, -0.05) is 17.7 Å². The molecule has 0 aliphatic rings. The SMILES string of the molecule is CC(O)C(=O)c1c(Cl)cccc1Br. The van der Waals surface area contributed by atoms with Gasteiger partial charge < -0.3 is 5.11 Å². The summed E-state index contributed by atoms with van der Waals surface area (Å²) in [7, 11) is 0. The second-order valence-corrected chi connectivity index (χ2v) is 3.90. The highest BCUT2D eigenvalue weighted by Crippen LogP contribution is 2.25. The van der Waals surface area contributed by atoms with E-state index in [1.807, 2.05) is 0 Å². The third-order valence-electron chi connectivity index (χ3n) is 1.59. The van der Waals surface area contributed by atoms with Crippen LogP contribution >= 0.6 is 27.5 Å². The zero-order valence-corrected chi connectivity index (χ0v) is 9.26. The predicted octanol–water partition coefficient (Wildman–Crippen LogP) is 2.67. The van der Waals surface area contributed by atoms with Crippen LogP contribution < -0.4 is 0 Å². The first kappa shape index (κ1) is 10.7. The number of halogens is 2. The molecule has 0 aromatic heterocycles. The Morgan fingerprint density at radius 1 is 1.62 bits per heavy atom. The number of aliphatic hydroxyl groups is 1. The largest absolute Gasteiger partial charge is 0.385 e. The summed E-state index contributed by atoms with van der Waals surface area (Å²) in [4.78, 5) is 11.4. The summed E-state index contributed by atoms with van der Waals surface area (Å²) < 4.78 is 0.603. The van der Waals surface area contributed by atoms with E-state index >= 15 is 0 Å². The highest BCUT2D eigenvalue weighted by Gasteiger charge is 2.17. The second-order valence-electron chi connectivity index (χ2n) is 2.64. The van der Waals surface area contributed by atoms with Crippen LogP contribution in [0.25, 0.3) is 0 Å². The molecule has 0 saturated heterocycles. The zero-order valence-electron chi connectivity index (χ0n) is 6.92. The number of benzene rings is 1. The minimum atomic E-state index is -1.03. The molecule has 4 heteroatoms. The maximum Gasteiger partial charge on any atom is 0.193 e. The van der Waals surface area contributed by atoms with Gasteiger partial charge in [-0.25, -0.2) is 0 Å². The molecule has 70 valence electrons. The quantitative estimate of drug-likeness (QED) is 0.833. The second kappa shape index (κ2) is 4.22. The van der Waals surface area contributed by atoms with Crippen LogP contribution in [-0.4, -0.2) is 17.0 Å². The molecule has 0 aliphatic carbocycles. The molecule has 13 heavy (non-hydrogen) atoms. The molecule has 1 rings (SSSR count). The van der Waals surface area contributed by atoms with Crippen molar-refractivity contribution in [1.82, 2.24) is 0 Å². The summed E-state index contributed by atoms with van der Waals surface area (Å²) >= 11 is 9.01. The molecule has 1 N–H and O–H groups in total. The van der Waals surface area contributed by atoms with Crippen LogP contribution in [0.3, 0.4) is 0 Å². The molecule has 0 heterocycles. The normalized spacial score (nSPS) is 12.6. The highest BCUT2D eigenvalue weighted by atomic mass is 79.9. The third kappa shape index (κ3) is 2.30. The number of carbonyl (C=O) groups excluding carboxylic acids is 1. The standard InChI is InChI=1S/C9H8BrClO2/c1-5(12)9(13)8-6(10)3-2-4-7(8)11/h2-5,12H,1H3. The molecule has 0 spiro atoms. The Labute approximate surface area is 89.7 Å². The van der Waals surface area contributed by atoms with E-state index in [-0.39, 0.29) is 5.78 Å². The van der Waals surface area contributed by atoms with Crippen LogP contribution in [0, 0.1) is 0 Å². The van der Waals surface area contributed by atoms with Gasteiger partial charge in [0.1, 0.15) is 6.10 Å². The van der Waals surface area contributed by atoms with Gasteiger partial charge in [-0.05, 0) is 35.0 Å². The lowest BCUT2D eigenvalue weighted by Gasteiger charge is -2.07. The first-order valence-electron chi connectivity index (χ1n) is 3.70. The number of Topliss-reactive ketones (excluding diaryl/α,β-unsaturated/α-hetero) is 1. The van der Waals surface area contributed by atoms with Gasteiger partial charge in [-0.2, -0.15) is 0 Å². The first-order valence-corrected chi connectivity index (χ1v) is 4.87. The van der Waals surface area contributed by atoms with E-state index in [0.717, 1.165) is 0 Å². The van der Waals surface area contributed by atoms with E-state index in [9.17, 15) is 4.79 Å². The van der Waals surface area contributed by atoms with Crippen LogP contribution in [0.1, 0.15) is 17.3 Å². The summed E-state index contributed by atoms with van der Waals surface area (Å²) in [5, 5.41) is 9.44. The molecule has 0 saturated carbocycles. The van der Waals surface area contributed by atoms with E-state index < -0.39 is 6.10 Å². The number of aliphatic hydroxyl groups excluding tert-OH is 1. The summed E-state index contributed by atoms with van der Waals surface area (Å²) in [6, 6.07) is 5.05. The number of rotatable bonds is 2. The van der Waals surface area contributed by atoms with Crippen molar-refractivity contribution in [3.05, 3.63) is 33.3 Å². The number of ketones is 1. The van der Waals surface area contributed by atoms with Crippen LogP contribution in [0.15, 0.2) is 22.7 Å². The molecule has 1 aromatic carbocycles. The summed E-state index contributed by atoms with van der Waals surface area (Å²) in [5.41, 5.74) is 0.333. The molecular formula is C9H8BrClO2. The molecule has 1 atom stereocenters. The van der Waals surface area contributed by atoms with Crippen LogP contribution in [-0.2, 0) is 0 Å². The van der Waals surface area contributed by atoms with Crippen molar-refractivity contribution in [3.8, 4) is 0 Å². The van der Waals surface area contributed by atoms with Gasteiger partial charge in [-0.3, -0.25) is 4.79 Å². The fraction of sp³-hybridized carbons (Fsp3) is 0.222. The predicted molar refractivity (Wildman–Crippen MR) is 55.2 cm³/mol. The van der Waals surface area contributed by atoms with E-state index in [4.69, 9.17) is 16.7 Å². The number of hydrogen-bond donors (Lipinski definition) is 1. The molecule has 0 amide bonds. The summed E-state index contributed by atoms with van der Waals surface area (Å²) in [6.45, 7) is 1.41. The van der Waals surface area contributed by atoms with Gasteiger partial charge >= 0.3 is 0 Å². The molecular weight excluding hydrogens is 255 g/mol. The molecule has 2 nitrogen and oxygen atoms in total. The van der Waals surface area contributed by atoms with Gasteiger partial charge in [0.25, 0.3) is 0 Å². The van der Waals surface area contributed by atoms with Gasteiger partial charge in [0, 0.05) is 4.47 Å². The highest BCUT2D eigenvalue weighted by molar-refractivity contribution is 9.10. The Morgan fingerprint density at radius 3 is 2.69 bits per heavy atom. The smallest absolute Gasteiger partial charge is 0.193 e. The Bertz CT molecular complexity index is 316. The van der Waals surface area contributed by atoms with Crippen LogP contribution in [0.4, 0.5) is 0 Å². The molecule has 1 aromatic rings. The zero-order chi connectivity index (χ0) is 10.0. The van der Waals surface area contributed by atoms with E-state index in [2.05, 4.69) is 15.9 Å². The molecule has 0 fully saturated rings. The van der Waals surface area contributed by atoms with Crippen molar-refractivity contribution < 1.29 is 9.90 Å². The van der Waals surface area contributed by atoms with Crippen molar-refractivity contribution in [1.29, 1.82) is 0 Å². The van der Waals surface area contributed by atoms with E-state index in [1.54, 1.807) is 18.2 Å².